The lowest BCUT2D eigenvalue weighted by Crippen LogP contribution is -2.00. The zero-order valence-electron chi connectivity index (χ0n) is 10.1. The van der Waals surface area contributed by atoms with Gasteiger partial charge < -0.3 is 9.26 Å². The van der Waals surface area contributed by atoms with Crippen molar-refractivity contribution in [3.05, 3.63) is 45.5 Å². The predicted molar refractivity (Wildman–Crippen MR) is 71.7 cm³/mol. The van der Waals surface area contributed by atoms with Crippen molar-refractivity contribution in [2.75, 3.05) is 13.2 Å². The Labute approximate surface area is 120 Å². The number of nitrogens with zero attached hydrogens (tertiary/aromatic N) is 2. The van der Waals surface area contributed by atoms with Crippen LogP contribution in [-0.4, -0.2) is 23.4 Å². The number of benzene rings is 1. The summed E-state index contributed by atoms with van der Waals surface area (Å²) < 4.78 is 10.6. The fourth-order valence-electron chi connectivity index (χ4n) is 2.07. The van der Waals surface area contributed by atoms with Crippen LogP contribution >= 0.6 is 23.2 Å². The second kappa shape index (κ2) is 5.49. The molecule has 0 aliphatic carbocycles. The molecular weight excluding hydrogens is 287 g/mol. The average molecular weight is 299 g/mol. The van der Waals surface area contributed by atoms with Gasteiger partial charge in [-0.05, 0) is 24.1 Å². The molecule has 4 nitrogen and oxygen atoms in total. The van der Waals surface area contributed by atoms with E-state index in [1.54, 1.807) is 12.1 Å². The van der Waals surface area contributed by atoms with Crippen LogP contribution in [0.4, 0.5) is 0 Å². The minimum Gasteiger partial charge on any atom is -0.381 e. The molecule has 1 aromatic carbocycles. The van der Waals surface area contributed by atoms with Crippen LogP contribution < -0.4 is 0 Å². The van der Waals surface area contributed by atoms with E-state index in [4.69, 9.17) is 32.5 Å². The van der Waals surface area contributed by atoms with Gasteiger partial charge >= 0.3 is 0 Å². The Hall–Kier alpha value is -1.10. The van der Waals surface area contributed by atoms with Crippen LogP contribution in [0.5, 0.6) is 0 Å². The van der Waals surface area contributed by atoms with Gasteiger partial charge in [0.2, 0.25) is 5.89 Å². The topological polar surface area (TPSA) is 48.2 Å². The number of hydrogen-bond acceptors (Lipinski definition) is 4. The van der Waals surface area contributed by atoms with Gasteiger partial charge in [-0.3, -0.25) is 0 Å². The first-order valence-corrected chi connectivity index (χ1v) is 6.82. The summed E-state index contributed by atoms with van der Waals surface area (Å²) in [5, 5.41) is 5.23. The molecule has 1 fully saturated rings. The Morgan fingerprint density at radius 2 is 2.21 bits per heavy atom. The summed E-state index contributed by atoms with van der Waals surface area (Å²) in [4.78, 5) is 4.40. The van der Waals surface area contributed by atoms with Crippen LogP contribution in [0.15, 0.2) is 22.7 Å². The molecule has 1 unspecified atom stereocenters. The molecule has 6 heteroatoms. The third kappa shape index (κ3) is 2.91. The quantitative estimate of drug-likeness (QED) is 0.870. The highest BCUT2D eigenvalue weighted by atomic mass is 35.5. The highest BCUT2D eigenvalue weighted by Crippen LogP contribution is 2.25. The van der Waals surface area contributed by atoms with E-state index < -0.39 is 0 Å². The molecule has 0 saturated carbocycles. The molecule has 1 aromatic heterocycles. The van der Waals surface area contributed by atoms with Crippen molar-refractivity contribution in [3.8, 4) is 0 Å². The first-order chi connectivity index (χ1) is 9.22. The van der Waals surface area contributed by atoms with Crippen LogP contribution in [0.1, 0.15) is 29.6 Å². The van der Waals surface area contributed by atoms with E-state index in [0.717, 1.165) is 24.4 Å². The van der Waals surface area contributed by atoms with Crippen molar-refractivity contribution in [1.29, 1.82) is 0 Å². The summed E-state index contributed by atoms with van der Waals surface area (Å²) >= 11 is 12.0. The number of ether oxygens (including phenoxy) is 1. The Morgan fingerprint density at radius 3 is 2.95 bits per heavy atom. The Morgan fingerprint density at radius 1 is 1.32 bits per heavy atom. The van der Waals surface area contributed by atoms with Crippen LogP contribution in [-0.2, 0) is 11.2 Å². The van der Waals surface area contributed by atoms with E-state index in [-0.39, 0.29) is 5.92 Å². The summed E-state index contributed by atoms with van der Waals surface area (Å²) in [6, 6.07) is 5.37. The van der Waals surface area contributed by atoms with Gasteiger partial charge in [-0.15, -0.1) is 0 Å². The van der Waals surface area contributed by atoms with E-state index in [9.17, 15) is 0 Å². The predicted octanol–water partition coefficient (Wildman–Crippen LogP) is 3.47. The SMILES string of the molecule is Clc1ccc(Cc2nc(C3CCOC3)no2)c(Cl)c1. The maximum atomic E-state index is 6.12. The molecule has 0 amide bonds. The lowest BCUT2D eigenvalue weighted by molar-refractivity contribution is 0.192. The lowest BCUT2D eigenvalue weighted by atomic mass is 10.1. The van der Waals surface area contributed by atoms with Crippen molar-refractivity contribution < 1.29 is 9.26 Å². The van der Waals surface area contributed by atoms with E-state index in [0.29, 0.717) is 29.0 Å². The highest BCUT2D eigenvalue weighted by Gasteiger charge is 2.23. The first-order valence-electron chi connectivity index (χ1n) is 6.06. The molecule has 2 aromatic rings. The molecule has 19 heavy (non-hydrogen) atoms. The molecule has 100 valence electrons. The summed E-state index contributed by atoms with van der Waals surface area (Å²) in [6.07, 6.45) is 1.46. The normalized spacial score (nSPS) is 18.9. The lowest BCUT2D eigenvalue weighted by Gasteiger charge is -2.01. The van der Waals surface area contributed by atoms with Crippen molar-refractivity contribution in [1.82, 2.24) is 10.1 Å². The molecule has 1 saturated heterocycles. The Kier molecular flexibility index (Phi) is 3.73. The molecule has 1 aliphatic heterocycles. The van der Waals surface area contributed by atoms with Gasteiger partial charge in [0.15, 0.2) is 5.82 Å². The molecule has 0 spiro atoms. The minimum atomic E-state index is 0.248. The summed E-state index contributed by atoms with van der Waals surface area (Å²) in [6.45, 7) is 1.43. The van der Waals surface area contributed by atoms with Gasteiger partial charge in [0.05, 0.1) is 13.0 Å². The fraction of sp³-hybridized carbons (Fsp3) is 0.385. The third-order valence-electron chi connectivity index (χ3n) is 3.14. The molecule has 0 radical (unpaired) electrons. The smallest absolute Gasteiger partial charge is 0.231 e. The maximum absolute atomic E-state index is 6.12. The zero-order valence-corrected chi connectivity index (χ0v) is 11.6. The van der Waals surface area contributed by atoms with E-state index >= 15 is 0 Å². The van der Waals surface area contributed by atoms with Crippen molar-refractivity contribution in [2.45, 2.75) is 18.8 Å². The van der Waals surface area contributed by atoms with E-state index in [1.165, 1.54) is 0 Å². The second-order valence-corrected chi connectivity index (χ2v) is 5.36. The van der Waals surface area contributed by atoms with E-state index in [2.05, 4.69) is 10.1 Å². The molecule has 1 atom stereocenters. The first kappa shape index (κ1) is 12.9. The number of halogens is 2. The number of hydrogen-bond donors (Lipinski definition) is 0. The average Bonchev–Trinajstić information content (AvgIpc) is 3.03. The van der Waals surface area contributed by atoms with Gasteiger partial charge in [0.1, 0.15) is 0 Å². The molecule has 1 aliphatic rings. The van der Waals surface area contributed by atoms with Crippen LogP contribution in [0.25, 0.3) is 0 Å². The van der Waals surface area contributed by atoms with Gasteiger partial charge in [-0.25, -0.2) is 0 Å². The van der Waals surface area contributed by atoms with Crippen LogP contribution in [0.2, 0.25) is 10.0 Å². The summed E-state index contributed by atoms with van der Waals surface area (Å²) in [5.41, 5.74) is 0.920. The van der Waals surface area contributed by atoms with Crippen LogP contribution in [0, 0.1) is 0 Å². The number of rotatable bonds is 3. The minimum absolute atomic E-state index is 0.248. The van der Waals surface area contributed by atoms with Gasteiger partial charge in [-0.1, -0.05) is 34.4 Å². The van der Waals surface area contributed by atoms with Crippen molar-refractivity contribution >= 4 is 23.2 Å². The van der Waals surface area contributed by atoms with Crippen molar-refractivity contribution in [2.24, 2.45) is 0 Å². The van der Waals surface area contributed by atoms with E-state index in [1.807, 2.05) is 6.07 Å². The zero-order chi connectivity index (χ0) is 13.2. The Balaban J connectivity index is 1.76. The molecular formula is C13H12Cl2N2O2. The maximum Gasteiger partial charge on any atom is 0.231 e. The fourth-order valence-corrected chi connectivity index (χ4v) is 2.55. The second-order valence-electron chi connectivity index (χ2n) is 4.52. The van der Waals surface area contributed by atoms with Gasteiger partial charge in [-0.2, -0.15) is 4.98 Å². The van der Waals surface area contributed by atoms with Crippen LogP contribution in [0.3, 0.4) is 0 Å². The molecule has 2 heterocycles. The third-order valence-corrected chi connectivity index (χ3v) is 3.72. The number of aromatic nitrogens is 2. The summed E-state index contributed by atoms with van der Waals surface area (Å²) in [7, 11) is 0. The molecule has 3 rings (SSSR count). The monoisotopic (exact) mass is 298 g/mol. The Bertz CT molecular complexity index is 580. The largest absolute Gasteiger partial charge is 0.381 e. The molecule has 0 bridgehead atoms. The van der Waals surface area contributed by atoms with Gasteiger partial charge in [0, 0.05) is 22.6 Å². The molecule has 0 N–H and O–H groups in total. The van der Waals surface area contributed by atoms with Crippen molar-refractivity contribution in [3.63, 3.8) is 0 Å². The summed E-state index contributed by atoms with van der Waals surface area (Å²) in [5.74, 6) is 1.53. The van der Waals surface area contributed by atoms with Gasteiger partial charge in [0.25, 0.3) is 0 Å². The standard InChI is InChI=1S/C13H12Cl2N2O2/c14-10-2-1-8(11(15)6-10)5-12-16-13(17-19-12)9-3-4-18-7-9/h1-2,6,9H,3-5,7H2. The highest BCUT2D eigenvalue weighted by molar-refractivity contribution is 6.35.